The van der Waals surface area contributed by atoms with Gasteiger partial charge in [-0.2, -0.15) is 0 Å². The van der Waals surface area contributed by atoms with E-state index in [0.717, 1.165) is 34.1 Å². The van der Waals surface area contributed by atoms with Crippen molar-refractivity contribution in [3.63, 3.8) is 0 Å². The number of hydrogen-bond donors (Lipinski definition) is 0. The van der Waals surface area contributed by atoms with Crippen LogP contribution in [0.5, 0.6) is 0 Å². The standard InChI is InChI=1S/C10H12N2O.C6H4N2O.C3H8.C2H6/c1-3-7(2)10-8-6-11-5-4-9(8)12-13-10;1-2-7-4-6-5(1)3-8-9-6;1-3-2;1-2/h4-7H,3H2,1-2H3;1-4H;3H2,1-2H3;1-2H3. The Labute approximate surface area is 161 Å². The lowest BCUT2D eigenvalue weighted by Crippen LogP contribution is -1.88. The molecule has 6 nitrogen and oxygen atoms in total. The first-order chi connectivity index (χ1) is 13.2. The fourth-order valence-electron chi connectivity index (χ4n) is 2.06. The average Bonchev–Trinajstić information content (AvgIpc) is 3.37. The van der Waals surface area contributed by atoms with Crippen LogP contribution in [0.25, 0.3) is 21.9 Å². The van der Waals surface area contributed by atoms with Gasteiger partial charge in [-0.25, -0.2) is 0 Å². The molecule has 1 unspecified atom stereocenters. The van der Waals surface area contributed by atoms with Gasteiger partial charge in [0, 0.05) is 29.9 Å². The molecule has 0 spiro atoms. The lowest BCUT2D eigenvalue weighted by molar-refractivity contribution is 0.370. The summed E-state index contributed by atoms with van der Waals surface area (Å²) in [6, 6.07) is 3.72. The van der Waals surface area contributed by atoms with E-state index in [-0.39, 0.29) is 0 Å². The summed E-state index contributed by atoms with van der Waals surface area (Å²) in [5.74, 6) is 1.36. The van der Waals surface area contributed by atoms with Gasteiger partial charge in [-0.15, -0.1) is 0 Å². The Morgan fingerprint density at radius 3 is 2.26 bits per heavy atom. The topological polar surface area (TPSA) is 77.8 Å². The van der Waals surface area contributed by atoms with E-state index in [1.807, 2.05) is 32.2 Å². The average molecular weight is 370 g/mol. The van der Waals surface area contributed by atoms with E-state index in [1.165, 1.54) is 6.42 Å². The maximum Gasteiger partial charge on any atom is 0.185 e. The summed E-state index contributed by atoms with van der Waals surface area (Å²) in [7, 11) is 0. The summed E-state index contributed by atoms with van der Waals surface area (Å²) in [5, 5.41) is 9.59. The molecule has 1 atom stereocenters. The monoisotopic (exact) mass is 370 g/mol. The van der Waals surface area contributed by atoms with Crippen molar-refractivity contribution in [2.45, 2.75) is 60.3 Å². The van der Waals surface area contributed by atoms with Gasteiger partial charge < -0.3 is 9.05 Å². The molecular weight excluding hydrogens is 340 g/mol. The third-order valence-electron chi connectivity index (χ3n) is 3.53. The maximum atomic E-state index is 5.28. The molecule has 4 heterocycles. The minimum atomic E-state index is 0.411. The second-order valence-corrected chi connectivity index (χ2v) is 5.70. The molecule has 0 amide bonds. The van der Waals surface area contributed by atoms with E-state index < -0.39 is 0 Å². The van der Waals surface area contributed by atoms with Crippen LogP contribution < -0.4 is 0 Å². The molecule has 0 aromatic carbocycles. The molecule has 0 N–H and O–H groups in total. The largest absolute Gasteiger partial charge is 0.360 e. The Balaban J connectivity index is 0.000000227. The third kappa shape index (κ3) is 6.47. The van der Waals surface area contributed by atoms with Crippen LogP contribution in [0.3, 0.4) is 0 Å². The smallest absolute Gasteiger partial charge is 0.185 e. The molecule has 0 saturated carbocycles. The molecule has 0 fully saturated rings. The highest BCUT2D eigenvalue weighted by molar-refractivity contribution is 5.79. The molecule has 146 valence electrons. The fourth-order valence-corrected chi connectivity index (χ4v) is 2.06. The van der Waals surface area contributed by atoms with Crippen molar-refractivity contribution in [2.24, 2.45) is 0 Å². The number of fused-ring (bicyclic) bond motifs is 2. The molecule has 0 aliphatic carbocycles. The van der Waals surface area contributed by atoms with Crippen LogP contribution in [0, 0.1) is 0 Å². The first-order valence-corrected chi connectivity index (χ1v) is 9.54. The normalized spacial score (nSPS) is 10.7. The maximum absolute atomic E-state index is 5.28. The summed E-state index contributed by atoms with van der Waals surface area (Å²) < 4.78 is 10.1. The Hall–Kier alpha value is -2.76. The van der Waals surface area contributed by atoms with Crippen molar-refractivity contribution in [3.05, 3.63) is 48.9 Å². The van der Waals surface area contributed by atoms with E-state index in [2.05, 4.69) is 48.0 Å². The van der Waals surface area contributed by atoms with Gasteiger partial charge in [0.25, 0.3) is 0 Å². The van der Waals surface area contributed by atoms with Crippen LogP contribution in [0.15, 0.2) is 52.2 Å². The molecule has 4 rings (SSSR count). The number of aromatic nitrogens is 4. The van der Waals surface area contributed by atoms with Crippen LogP contribution in [0.4, 0.5) is 0 Å². The van der Waals surface area contributed by atoms with Gasteiger partial charge in [-0.1, -0.05) is 58.3 Å². The van der Waals surface area contributed by atoms with E-state index in [4.69, 9.17) is 9.05 Å². The molecule has 0 aliphatic heterocycles. The molecule has 27 heavy (non-hydrogen) atoms. The lowest BCUT2D eigenvalue weighted by atomic mass is 10.0. The lowest BCUT2D eigenvalue weighted by Gasteiger charge is -2.01. The molecule has 4 aromatic rings. The van der Waals surface area contributed by atoms with Crippen LogP contribution in [-0.2, 0) is 0 Å². The summed E-state index contributed by atoms with van der Waals surface area (Å²) in [5.41, 5.74) is 1.63. The number of hydrogen-bond acceptors (Lipinski definition) is 6. The highest BCUT2D eigenvalue weighted by Crippen LogP contribution is 2.26. The summed E-state index contributed by atoms with van der Waals surface area (Å²) >= 11 is 0. The van der Waals surface area contributed by atoms with Crippen molar-refractivity contribution < 1.29 is 9.05 Å². The van der Waals surface area contributed by atoms with Crippen LogP contribution in [-0.4, -0.2) is 20.3 Å². The fraction of sp³-hybridized carbons (Fsp3) is 0.429. The molecule has 0 bridgehead atoms. The molecule has 0 radical (unpaired) electrons. The van der Waals surface area contributed by atoms with Gasteiger partial charge in [-0.3, -0.25) is 9.97 Å². The Kier molecular flexibility index (Phi) is 10.4. The van der Waals surface area contributed by atoms with E-state index in [9.17, 15) is 0 Å². The van der Waals surface area contributed by atoms with Gasteiger partial charge in [-0.05, 0) is 18.6 Å². The van der Waals surface area contributed by atoms with Gasteiger partial charge in [0.15, 0.2) is 5.58 Å². The van der Waals surface area contributed by atoms with E-state index in [1.54, 1.807) is 24.8 Å². The second kappa shape index (κ2) is 12.6. The first-order valence-electron chi connectivity index (χ1n) is 9.54. The van der Waals surface area contributed by atoms with E-state index >= 15 is 0 Å². The van der Waals surface area contributed by atoms with E-state index in [0.29, 0.717) is 5.92 Å². The molecule has 0 aliphatic rings. The van der Waals surface area contributed by atoms with Gasteiger partial charge >= 0.3 is 0 Å². The predicted molar refractivity (Wildman–Crippen MR) is 110 cm³/mol. The summed E-state index contributed by atoms with van der Waals surface area (Å²) in [4.78, 5) is 7.91. The minimum Gasteiger partial charge on any atom is -0.360 e. The Morgan fingerprint density at radius 2 is 1.59 bits per heavy atom. The van der Waals surface area contributed by atoms with Gasteiger partial charge in [0.1, 0.15) is 11.3 Å². The number of rotatable bonds is 2. The van der Waals surface area contributed by atoms with Crippen LogP contribution in [0.1, 0.15) is 66.1 Å². The molecule has 6 heteroatoms. The third-order valence-corrected chi connectivity index (χ3v) is 3.53. The SMILES string of the molecule is CC.CCC.CCC(C)c1onc2ccncc12.c1cc2cnoc2cn1. The van der Waals surface area contributed by atoms with Crippen LogP contribution >= 0.6 is 0 Å². The summed E-state index contributed by atoms with van der Waals surface area (Å²) in [6.45, 7) is 12.5. The highest BCUT2D eigenvalue weighted by Gasteiger charge is 2.13. The minimum absolute atomic E-state index is 0.411. The zero-order valence-electron chi connectivity index (χ0n) is 17.1. The summed E-state index contributed by atoms with van der Waals surface area (Å²) in [6.07, 6.45) is 10.9. The van der Waals surface area contributed by atoms with Crippen molar-refractivity contribution in [1.82, 2.24) is 20.3 Å². The van der Waals surface area contributed by atoms with Gasteiger partial charge in [0.2, 0.25) is 0 Å². The van der Waals surface area contributed by atoms with Crippen LogP contribution in [0.2, 0.25) is 0 Å². The molecule has 0 saturated heterocycles. The first kappa shape index (κ1) is 22.3. The van der Waals surface area contributed by atoms with Crippen molar-refractivity contribution in [2.75, 3.05) is 0 Å². The number of nitrogens with zero attached hydrogens (tertiary/aromatic N) is 4. The molecular formula is C21H30N4O2. The Morgan fingerprint density at radius 1 is 0.926 bits per heavy atom. The zero-order valence-corrected chi connectivity index (χ0v) is 17.1. The second-order valence-electron chi connectivity index (χ2n) is 5.70. The predicted octanol–water partition coefficient (Wildman–Crippen LogP) is 6.40. The molecule has 4 aromatic heterocycles. The number of pyridine rings is 2. The van der Waals surface area contributed by atoms with Crippen molar-refractivity contribution in [3.8, 4) is 0 Å². The zero-order chi connectivity index (χ0) is 20.1. The quantitative estimate of drug-likeness (QED) is 0.406. The highest BCUT2D eigenvalue weighted by atomic mass is 16.5. The van der Waals surface area contributed by atoms with Gasteiger partial charge in [0.05, 0.1) is 17.8 Å². The van der Waals surface area contributed by atoms with Crippen molar-refractivity contribution >= 4 is 21.9 Å². The Bertz CT molecular complexity index is 856. The van der Waals surface area contributed by atoms with Crippen molar-refractivity contribution in [1.29, 1.82) is 0 Å².